The molecule has 6 nitrogen and oxygen atoms in total. The molecule has 4 heterocycles. The molecule has 12 aromatic rings. The standard InChI is InChI=1S/C55H38N6/c1-35-18-6-8-22-39(35)40-23-9-7-19-37(40)34-36(2)53-56-54(60-48-29-15-10-24-41(48)42-25-11-16-30-49(42)60)58-55(57-53)61-50-31-17-13-27-44(50)46-33-32-45-43-26-12-14-28-47(43)59(51(45)52(46)61)38-20-4-3-5-21-38/h3-33H,2,34H2,1H3. The Hall–Kier alpha value is -8.09. The second-order valence-electron chi connectivity index (χ2n) is 15.8. The first-order chi connectivity index (χ1) is 30.1. The van der Waals surface area contributed by atoms with E-state index in [-0.39, 0.29) is 0 Å². The Morgan fingerprint density at radius 3 is 1.46 bits per heavy atom. The highest BCUT2D eigenvalue weighted by atomic mass is 15.3. The van der Waals surface area contributed by atoms with Crippen LogP contribution in [0.1, 0.15) is 17.0 Å². The van der Waals surface area contributed by atoms with Crippen molar-refractivity contribution in [3.8, 4) is 28.7 Å². The molecule has 6 heteroatoms. The Morgan fingerprint density at radius 2 is 0.852 bits per heavy atom. The lowest BCUT2D eigenvalue weighted by atomic mass is 9.93. The Labute approximate surface area is 351 Å². The fraction of sp³-hybridized carbons (Fsp3) is 0.0364. The van der Waals surface area contributed by atoms with Crippen molar-refractivity contribution >= 4 is 71.0 Å². The molecule has 8 aromatic carbocycles. The minimum Gasteiger partial charge on any atom is -0.307 e. The lowest BCUT2D eigenvalue weighted by Crippen LogP contribution is -2.12. The normalized spacial score (nSPS) is 11.8. The van der Waals surface area contributed by atoms with Crippen molar-refractivity contribution in [2.24, 2.45) is 0 Å². The van der Waals surface area contributed by atoms with Crippen molar-refractivity contribution in [1.29, 1.82) is 0 Å². The highest BCUT2D eigenvalue weighted by Crippen LogP contribution is 2.42. The molecular formula is C55H38N6. The van der Waals surface area contributed by atoms with Crippen LogP contribution in [0.4, 0.5) is 0 Å². The number of nitrogens with zero attached hydrogens (tertiary/aromatic N) is 6. The summed E-state index contributed by atoms with van der Waals surface area (Å²) >= 11 is 0. The number of aryl methyl sites for hydroxylation is 1. The molecular weight excluding hydrogens is 745 g/mol. The number of benzene rings is 8. The first-order valence-electron chi connectivity index (χ1n) is 20.7. The zero-order valence-corrected chi connectivity index (χ0v) is 33.5. The van der Waals surface area contributed by atoms with Gasteiger partial charge < -0.3 is 4.57 Å². The van der Waals surface area contributed by atoms with E-state index in [1.807, 2.05) is 0 Å². The van der Waals surface area contributed by atoms with Crippen LogP contribution in [0.5, 0.6) is 0 Å². The quantitative estimate of drug-likeness (QED) is 0.162. The van der Waals surface area contributed by atoms with Gasteiger partial charge in [-0.3, -0.25) is 9.13 Å². The second-order valence-corrected chi connectivity index (χ2v) is 15.8. The monoisotopic (exact) mass is 782 g/mol. The average molecular weight is 783 g/mol. The van der Waals surface area contributed by atoms with Crippen molar-refractivity contribution in [3.63, 3.8) is 0 Å². The third-order valence-electron chi connectivity index (χ3n) is 12.2. The molecule has 4 aromatic heterocycles. The summed E-state index contributed by atoms with van der Waals surface area (Å²) in [4.78, 5) is 16.3. The Bertz CT molecular complexity index is 3660. The molecule has 0 radical (unpaired) electrons. The van der Waals surface area contributed by atoms with Gasteiger partial charge in [0.25, 0.3) is 0 Å². The fourth-order valence-electron chi connectivity index (χ4n) is 9.52. The fourth-order valence-corrected chi connectivity index (χ4v) is 9.52. The van der Waals surface area contributed by atoms with Gasteiger partial charge in [0.2, 0.25) is 11.9 Å². The van der Waals surface area contributed by atoms with Gasteiger partial charge in [-0.05, 0) is 71.1 Å². The van der Waals surface area contributed by atoms with Crippen molar-refractivity contribution in [1.82, 2.24) is 28.7 Å². The molecule has 0 spiro atoms. The number of rotatable bonds is 7. The number of hydrogen-bond donors (Lipinski definition) is 0. The molecule has 0 saturated heterocycles. The lowest BCUT2D eigenvalue weighted by molar-refractivity contribution is 0.870. The van der Waals surface area contributed by atoms with E-state index in [4.69, 9.17) is 21.5 Å². The van der Waals surface area contributed by atoms with Crippen molar-refractivity contribution < 1.29 is 0 Å². The zero-order chi connectivity index (χ0) is 40.6. The van der Waals surface area contributed by atoms with E-state index in [0.717, 1.165) is 76.9 Å². The maximum absolute atomic E-state index is 5.50. The summed E-state index contributed by atoms with van der Waals surface area (Å²) in [6.45, 7) is 6.89. The highest BCUT2D eigenvalue weighted by Gasteiger charge is 2.25. The van der Waals surface area contributed by atoms with Gasteiger partial charge in [0.05, 0.1) is 33.1 Å². The van der Waals surface area contributed by atoms with Gasteiger partial charge in [-0.2, -0.15) is 15.0 Å². The Balaban J connectivity index is 1.18. The third kappa shape index (κ3) is 5.39. The van der Waals surface area contributed by atoms with E-state index in [0.29, 0.717) is 24.1 Å². The molecule has 0 aliphatic rings. The molecule has 0 fully saturated rings. The van der Waals surface area contributed by atoms with E-state index in [1.165, 1.54) is 22.1 Å². The summed E-state index contributed by atoms with van der Waals surface area (Å²) in [5.74, 6) is 1.61. The molecule has 61 heavy (non-hydrogen) atoms. The molecule has 288 valence electrons. The van der Waals surface area contributed by atoms with Crippen LogP contribution in [-0.4, -0.2) is 28.7 Å². The molecule has 0 bridgehead atoms. The summed E-state index contributed by atoms with van der Waals surface area (Å²) in [5, 5.41) is 6.86. The van der Waals surface area contributed by atoms with Gasteiger partial charge >= 0.3 is 0 Å². The van der Waals surface area contributed by atoms with Gasteiger partial charge in [-0.1, -0.05) is 158 Å². The van der Waals surface area contributed by atoms with Crippen molar-refractivity contribution in [2.45, 2.75) is 13.3 Å². The third-order valence-corrected chi connectivity index (χ3v) is 12.2. The molecule has 0 saturated carbocycles. The predicted molar refractivity (Wildman–Crippen MR) is 252 cm³/mol. The zero-order valence-electron chi connectivity index (χ0n) is 33.5. The van der Waals surface area contributed by atoms with E-state index in [9.17, 15) is 0 Å². The summed E-state index contributed by atoms with van der Waals surface area (Å²) < 4.78 is 6.82. The van der Waals surface area contributed by atoms with Gasteiger partial charge in [0, 0.05) is 44.4 Å². The smallest absolute Gasteiger partial charge is 0.240 e. The summed E-state index contributed by atoms with van der Waals surface area (Å²) in [5.41, 5.74) is 13.0. The van der Waals surface area contributed by atoms with Crippen LogP contribution in [0.15, 0.2) is 195 Å². The van der Waals surface area contributed by atoms with Gasteiger partial charge in [0.15, 0.2) is 5.82 Å². The number of para-hydroxylation sites is 5. The molecule has 0 aliphatic heterocycles. The number of fused-ring (bicyclic) bond motifs is 10. The summed E-state index contributed by atoms with van der Waals surface area (Å²) in [6, 6.07) is 66.5. The molecule has 0 unspecified atom stereocenters. The maximum atomic E-state index is 5.50. The number of aromatic nitrogens is 6. The number of allylic oxidation sites excluding steroid dienone is 1. The topological polar surface area (TPSA) is 53.5 Å². The van der Waals surface area contributed by atoms with Crippen LogP contribution >= 0.6 is 0 Å². The van der Waals surface area contributed by atoms with Crippen LogP contribution in [-0.2, 0) is 6.42 Å². The van der Waals surface area contributed by atoms with E-state index < -0.39 is 0 Å². The molecule has 0 aliphatic carbocycles. The maximum Gasteiger partial charge on any atom is 0.240 e. The Morgan fingerprint density at radius 1 is 0.410 bits per heavy atom. The largest absolute Gasteiger partial charge is 0.307 e. The second kappa shape index (κ2) is 13.8. The molecule has 0 amide bonds. The van der Waals surface area contributed by atoms with Crippen molar-refractivity contribution in [2.75, 3.05) is 0 Å². The first kappa shape index (κ1) is 34.9. The summed E-state index contributed by atoms with van der Waals surface area (Å²) in [7, 11) is 0. The van der Waals surface area contributed by atoms with Crippen LogP contribution in [0.2, 0.25) is 0 Å². The van der Waals surface area contributed by atoms with Gasteiger partial charge in [-0.15, -0.1) is 0 Å². The predicted octanol–water partition coefficient (Wildman–Crippen LogP) is 13.4. The van der Waals surface area contributed by atoms with E-state index >= 15 is 0 Å². The minimum atomic E-state index is 0.527. The van der Waals surface area contributed by atoms with E-state index in [1.54, 1.807) is 0 Å². The van der Waals surface area contributed by atoms with Crippen LogP contribution in [0, 0.1) is 6.92 Å². The molecule has 12 rings (SSSR count). The van der Waals surface area contributed by atoms with Crippen LogP contribution in [0.3, 0.4) is 0 Å². The minimum absolute atomic E-state index is 0.527. The SMILES string of the molecule is C=C(Cc1ccccc1-c1ccccc1C)c1nc(-n2c3ccccc3c3ccccc32)nc(-n2c3ccccc3c3ccc4c5ccccc5n(-c5ccccc5)c4c32)n1. The van der Waals surface area contributed by atoms with Crippen LogP contribution < -0.4 is 0 Å². The molecule has 0 atom stereocenters. The first-order valence-corrected chi connectivity index (χ1v) is 20.7. The number of hydrogen-bond acceptors (Lipinski definition) is 3. The highest BCUT2D eigenvalue weighted by molar-refractivity contribution is 6.23. The van der Waals surface area contributed by atoms with Crippen LogP contribution in [0.25, 0.3) is 99.7 Å². The summed E-state index contributed by atoms with van der Waals surface area (Å²) in [6.07, 6.45) is 0.556. The van der Waals surface area contributed by atoms with Gasteiger partial charge in [-0.25, -0.2) is 0 Å². The van der Waals surface area contributed by atoms with Crippen molar-refractivity contribution in [3.05, 3.63) is 212 Å². The lowest BCUT2D eigenvalue weighted by Gasteiger charge is -2.16. The molecule has 0 N–H and O–H groups in total. The average Bonchev–Trinajstić information content (AvgIpc) is 3.96. The Kier molecular flexibility index (Phi) is 7.87. The van der Waals surface area contributed by atoms with E-state index in [2.05, 4.69) is 209 Å². The van der Waals surface area contributed by atoms with Gasteiger partial charge in [0.1, 0.15) is 0 Å².